The quantitative estimate of drug-likeness (QED) is 0.253. The van der Waals surface area contributed by atoms with E-state index in [4.69, 9.17) is 18.1 Å². The van der Waals surface area contributed by atoms with Crippen molar-refractivity contribution >= 4 is 15.2 Å². The highest BCUT2D eigenvalue weighted by molar-refractivity contribution is 7.54. The van der Waals surface area contributed by atoms with E-state index in [0.29, 0.717) is 0 Å². The summed E-state index contributed by atoms with van der Waals surface area (Å²) in [5.74, 6) is -0.562. The molecule has 0 aromatic heterocycles. The Morgan fingerprint density at radius 1 is 0.562 bits per heavy atom. The van der Waals surface area contributed by atoms with Gasteiger partial charge in [0, 0.05) is 11.8 Å². The number of rotatable bonds is 15. The van der Waals surface area contributed by atoms with Gasteiger partial charge in [-0.05, 0) is 38.8 Å². The normalized spacial score (nSPS) is 14.2. The summed E-state index contributed by atoms with van der Waals surface area (Å²) in [5.41, 5.74) is 1.95. The molecule has 0 N–H and O–H groups in total. The van der Waals surface area contributed by atoms with Crippen molar-refractivity contribution in [1.82, 2.24) is 0 Å². The van der Waals surface area contributed by atoms with Gasteiger partial charge in [-0.25, -0.2) is 0 Å². The third-order valence-corrected chi connectivity index (χ3v) is 9.37. The van der Waals surface area contributed by atoms with Gasteiger partial charge in [-0.15, -0.1) is 0 Å². The number of hydrogen-bond acceptors (Lipinski definition) is 6. The van der Waals surface area contributed by atoms with Crippen molar-refractivity contribution in [2.75, 3.05) is 38.8 Å². The maximum Gasteiger partial charge on any atom is 0.331 e. The largest absolute Gasteiger partial charge is 0.331 e. The molecule has 0 bridgehead atoms. The second-order valence-electron chi connectivity index (χ2n) is 7.29. The Kier molecular flexibility index (Phi) is 11.3. The summed E-state index contributed by atoms with van der Waals surface area (Å²) in [5, 5.41) is 0. The molecule has 2 aromatic rings. The Bertz CT molecular complexity index is 781. The van der Waals surface area contributed by atoms with Crippen molar-refractivity contribution in [2.45, 2.75) is 39.5 Å². The van der Waals surface area contributed by atoms with E-state index in [-0.39, 0.29) is 50.6 Å². The first-order chi connectivity index (χ1) is 15.4. The lowest BCUT2D eigenvalue weighted by molar-refractivity contribution is 0.212. The Labute approximate surface area is 192 Å². The molecule has 0 heterocycles. The monoisotopic (exact) mass is 482 g/mol. The van der Waals surface area contributed by atoms with Crippen LogP contribution in [0.4, 0.5) is 0 Å². The highest BCUT2D eigenvalue weighted by Gasteiger charge is 2.39. The molecule has 0 aliphatic heterocycles. The van der Waals surface area contributed by atoms with Gasteiger partial charge in [0.1, 0.15) is 0 Å². The van der Waals surface area contributed by atoms with Gasteiger partial charge < -0.3 is 18.1 Å². The molecule has 2 unspecified atom stereocenters. The molecule has 2 atom stereocenters. The average molecular weight is 482 g/mol. The van der Waals surface area contributed by atoms with Crippen LogP contribution in [0.1, 0.15) is 50.7 Å². The highest BCUT2D eigenvalue weighted by atomic mass is 31.2. The Morgan fingerprint density at radius 2 is 0.844 bits per heavy atom. The lowest BCUT2D eigenvalue weighted by Gasteiger charge is -2.32. The summed E-state index contributed by atoms with van der Waals surface area (Å²) in [4.78, 5) is 0. The predicted octanol–water partition coefficient (Wildman–Crippen LogP) is 7.09. The number of benzene rings is 2. The van der Waals surface area contributed by atoms with Gasteiger partial charge in [-0.1, -0.05) is 60.7 Å². The van der Waals surface area contributed by atoms with E-state index in [1.807, 2.05) is 60.7 Å². The van der Waals surface area contributed by atoms with Gasteiger partial charge in [0.25, 0.3) is 0 Å². The molecule has 0 radical (unpaired) electrons. The second-order valence-corrected chi connectivity index (χ2v) is 11.5. The van der Waals surface area contributed by atoms with Crippen LogP contribution >= 0.6 is 15.2 Å². The number of hydrogen-bond donors (Lipinski definition) is 0. The maximum absolute atomic E-state index is 13.6. The fourth-order valence-corrected chi connectivity index (χ4v) is 7.92. The molecule has 0 spiro atoms. The van der Waals surface area contributed by atoms with Gasteiger partial charge in [0.15, 0.2) is 0 Å². The minimum atomic E-state index is -3.38. The molecule has 0 saturated carbocycles. The maximum atomic E-state index is 13.6. The molecule has 32 heavy (non-hydrogen) atoms. The first-order valence-corrected chi connectivity index (χ1v) is 14.7. The van der Waals surface area contributed by atoms with Gasteiger partial charge >= 0.3 is 15.2 Å². The smallest absolute Gasteiger partial charge is 0.309 e. The first-order valence-electron chi connectivity index (χ1n) is 11.3. The molecule has 2 aromatic carbocycles. The van der Waals surface area contributed by atoms with Gasteiger partial charge in [-0.2, -0.15) is 0 Å². The van der Waals surface area contributed by atoms with E-state index in [1.165, 1.54) is 0 Å². The van der Waals surface area contributed by atoms with Crippen molar-refractivity contribution in [3.63, 3.8) is 0 Å². The standard InChI is InChI=1S/C24H36O6P2/c1-5-27-31(25,28-6-2)19-23(21-15-11-9-12-16-21)24(22-17-13-10-14-18-22)20-32(26,29-7-3)30-8-4/h9-18,23-24H,5-8,19-20H2,1-4H3. The second kappa shape index (κ2) is 13.4. The average Bonchev–Trinajstić information content (AvgIpc) is 2.78. The zero-order valence-corrected chi connectivity index (χ0v) is 21.3. The predicted molar refractivity (Wildman–Crippen MR) is 130 cm³/mol. The molecule has 178 valence electrons. The van der Waals surface area contributed by atoms with Crippen LogP contribution in [0.3, 0.4) is 0 Å². The van der Waals surface area contributed by atoms with E-state index in [2.05, 4.69) is 0 Å². The molecule has 0 aliphatic rings. The summed E-state index contributed by atoms with van der Waals surface area (Å²) >= 11 is 0. The molecule has 0 fully saturated rings. The van der Waals surface area contributed by atoms with E-state index in [9.17, 15) is 9.13 Å². The third-order valence-electron chi connectivity index (χ3n) is 5.08. The lowest BCUT2D eigenvalue weighted by Crippen LogP contribution is -2.21. The first kappa shape index (κ1) is 27.0. The van der Waals surface area contributed by atoms with E-state index >= 15 is 0 Å². The van der Waals surface area contributed by atoms with Crippen LogP contribution in [-0.2, 0) is 27.2 Å². The van der Waals surface area contributed by atoms with Crippen LogP contribution < -0.4 is 0 Å². The molecule has 6 nitrogen and oxygen atoms in total. The lowest BCUT2D eigenvalue weighted by atomic mass is 9.84. The van der Waals surface area contributed by atoms with Crippen LogP contribution in [0.5, 0.6) is 0 Å². The molecular weight excluding hydrogens is 446 g/mol. The topological polar surface area (TPSA) is 71.1 Å². The Morgan fingerprint density at radius 3 is 1.09 bits per heavy atom. The summed E-state index contributed by atoms with van der Waals surface area (Å²) in [6.07, 6.45) is 0.326. The fourth-order valence-electron chi connectivity index (χ4n) is 3.88. The molecule has 2 rings (SSSR count). The minimum Gasteiger partial charge on any atom is -0.309 e. The molecule has 8 heteroatoms. The molecule has 0 saturated heterocycles. The van der Waals surface area contributed by atoms with Gasteiger partial charge in [0.05, 0.1) is 38.8 Å². The third kappa shape index (κ3) is 7.95. The Balaban J connectivity index is 2.58. The molecule has 0 amide bonds. The zero-order valence-electron chi connectivity index (χ0n) is 19.5. The highest BCUT2D eigenvalue weighted by Crippen LogP contribution is 2.58. The molecule has 0 aliphatic carbocycles. The zero-order chi connectivity index (χ0) is 23.5. The molecular formula is C24H36O6P2. The SMILES string of the molecule is CCOP(=O)(CC(c1ccccc1)C(CP(=O)(OCC)OCC)c1ccccc1)OCC. The summed E-state index contributed by atoms with van der Waals surface area (Å²) in [6, 6.07) is 19.6. The van der Waals surface area contributed by atoms with Crippen molar-refractivity contribution in [3.05, 3.63) is 71.8 Å². The van der Waals surface area contributed by atoms with E-state index in [0.717, 1.165) is 11.1 Å². The van der Waals surface area contributed by atoms with Gasteiger partial charge in [-0.3, -0.25) is 9.13 Å². The van der Waals surface area contributed by atoms with Crippen LogP contribution in [0.15, 0.2) is 60.7 Å². The summed E-state index contributed by atoms with van der Waals surface area (Å²) < 4.78 is 49.7. The van der Waals surface area contributed by atoms with Crippen LogP contribution in [0.25, 0.3) is 0 Å². The van der Waals surface area contributed by atoms with Crippen molar-refractivity contribution in [1.29, 1.82) is 0 Å². The van der Waals surface area contributed by atoms with Crippen molar-refractivity contribution in [3.8, 4) is 0 Å². The minimum absolute atomic E-state index is 0.163. The van der Waals surface area contributed by atoms with Crippen molar-refractivity contribution in [2.24, 2.45) is 0 Å². The summed E-state index contributed by atoms with van der Waals surface area (Å²) in [6.45, 7) is 8.34. The van der Waals surface area contributed by atoms with Crippen LogP contribution in [0, 0.1) is 0 Å². The van der Waals surface area contributed by atoms with E-state index in [1.54, 1.807) is 27.7 Å². The summed E-state index contributed by atoms with van der Waals surface area (Å²) in [7, 11) is -6.77. The van der Waals surface area contributed by atoms with Crippen LogP contribution in [0.2, 0.25) is 0 Å². The van der Waals surface area contributed by atoms with Gasteiger partial charge in [0.2, 0.25) is 0 Å². The van der Waals surface area contributed by atoms with E-state index < -0.39 is 15.2 Å². The fraction of sp³-hybridized carbons (Fsp3) is 0.500. The van der Waals surface area contributed by atoms with Crippen LogP contribution in [-0.4, -0.2) is 38.8 Å². The Hall–Kier alpha value is -1.26. The van der Waals surface area contributed by atoms with Crippen molar-refractivity contribution < 1.29 is 27.2 Å².